The van der Waals surface area contributed by atoms with Crippen molar-refractivity contribution in [2.24, 2.45) is 0 Å². The monoisotopic (exact) mass is 329 g/mol. The van der Waals surface area contributed by atoms with Gasteiger partial charge in [-0.05, 0) is 42.5 Å². The van der Waals surface area contributed by atoms with Gasteiger partial charge in [-0.25, -0.2) is 4.39 Å². The predicted octanol–water partition coefficient (Wildman–Crippen LogP) is 4.17. The predicted molar refractivity (Wildman–Crippen MR) is 92.9 cm³/mol. The van der Waals surface area contributed by atoms with Gasteiger partial charge in [0.05, 0.1) is 11.8 Å². The van der Waals surface area contributed by atoms with Crippen LogP contribution in [-0.2, 0) is 17.0 Å². The fraction of sp³-hybridized carbons (Fsp3) is 0.316. The van der Waals surface area contributed by atoms with Crippen LogP contribution in [0, 0.1) is 12.7 Å². The lowest BCUT2D eigenvalue weighted by molar-refractivity contribution is -0.119. The first-order valence-corrected chi connectivity index (χ1v) is 8.99. The summed E-state index contributed by atoms with van der Waals surface area (Å²) in [6.45, 7) is 2.06. The number of carbonyl (C=O) groups is 1. The molecule has 23 heavy (non-hydrogen) atoms. The Balaban J connectivity index is 1.49. The summed E-state index contributed by atoms with van der Waals surface area (Å²) in [6, 6.07) is 13.4. The van der Waals surface area contributed by atoms with Gasteiger partial charge in [-0.1, -0.05) is 42.0 Å². The van der Waals surface area contributed by atoms with Crippen molar-refractivity contribution in [1.82, 2.24) is 5.32 Å². The lowest BCUT2D eigenvalue weighted by atomic mass is 10.1. The van der Waals surface area contributed by atoms with E-state index in [0.717, 1.165) is 23.3 Å². The molecular formula is C19H20FNOS. The third-order valence-electron chi connectivity index (χ3n) is 4.17. The molecule has 1 unspecified atom stereocenters. The van der Waals surface area contributed by atoms with Crippen molar-refractivity contribution < 1.29 is 9.18 Å². The zero-order chi connectivity index (χ0) is 16.2. The largest absolute Gasteiger partial charge is 0.349 e. The molecule has 0 saturated carbocycles. The number of thioether (sulfide) groups is 1. The second-order valence-electron chi connectivity index (χ2n) is 5.94. The average molecular weight is 329 g/mol. The van der Waals surface area contributed by atoms with Crippen molar-refractivity contribution in [3.8, 4) is 0 Å². The van der Waals surface area contributed by atoms with Crippen LogP contribution in [0.1, 0.15) is 34.7 Å². The number of hydrogen-bond donors (Lipinski definition) is 1. The molecule has 0 radical (unpaired) electrons. The Morgan fingerprint density at radius 2 is 2.04 bits per heavy atom. The zero-order valence-corrected chi connectivity index (χ0v) is 14.0. The van der Waals surface area contributed by atoms with Crippen LogP contribution in [0.5, 0.6) is 0 Å². The molecule has 1 aliphatic rings. The van der Waals surface area contributed by atoms with E-state index in [9.17, 15) is 9.18 Å². The van der Waals surface area contributed by atoms with Gasteiger partial charge in [0, 0.05) is 5.75 Å². The smallest absolute Gasteiger partial charge is 0.230 e. The summed E-state index contributed by atoms with van der Waals surface area (Å²) in [5, 5.41) is 3.03. The Labute approximate surface area is 140 Å². The Hall–Kier alpha value is -1.81. The van der Waals surface area contributed by atoms with Gasteiger partial charge >= 0.3 is 0 Å². The van der Waals surface area contributed by atoms with Crippen molar-refractivity contribution in [3.63, 3.8) is 0 Å². The van der Waals surface area contributed by atoms with Crippen molar-refractivity contribution >= 4 is 17.7 Å². The fourth-order valence-electron chi connectivity index (χ4n) is 2.94. The summed E-state index contributed by atoms with van der Waals surface area (Å²) in [6.07, 6.45) is 1.48. The molecule has 120 valence electrons. The minimum absolute atomic E-state index is 0.0178. The van der Waals surface area contributed by atoms with Crippen LogP contribution in [0.2, 0.25) is 0 Å². The normalized spacial score (nSPS) is 16.2. The van der Waals surface area contributed by atoms with E-state index in [1.54, 1.807) is 17.8 Å². The number of nitrogens with one attached hydrogen (secondary N) is 1. The second-order valence-corrected chi connectivity index (χ2v) is 6.93. The van der Waals surface area contributed by atoms with E-state index in [2.05, 4.69) is 36.5 Å². The maximum atomic E-state index is 13.7. The number of rotatable bonds is 5. The van der Waals surface area contributed by atoms with Gasteiger partial charge in [-0.15, -0.1) is 11.8 Å². The Morgan fingerprint density at radius 1 is 1.26 bits per heavy atom. The van der Waals surface area contributed by atoms with E-state index in [0.29, 0.717) is 12.2 Å². The molecule has 1 amide bonds. The second kappa shape index (κ2) is 7.18. The lowest BCUT2D eigenvalue weighted by Crippen LogP contribution is -2.28. The summed E-state index contributed by atoms with van der Waals surface area (Å²) < 4.78 is 13.7. The van der Waals surface area contributed by atoms with Gasteiger partial charge in [0.1, 0.15) is 5.82 Å². The standard InChI is InChI=1S/C19H20FNOS/c1-13-5-7-14(8-6-13)11-23-12-19(22)21-18-10-9-15-16(18)3-2-4-17(15)20/h2-8,18H,9-12H2,1H3,(H,21,22). The lowest BCUT2D eigenvalue weighted by Gasteiger charge is -2.14. The first kappa shape index (κ1) is 16.1. The number of fused-ring (bicyclic) bond motifs is 1. The summed E-state index contributed by atoms with van der Waals surface area (Å²) in [5.41, 5.74) is 4.15. The maximum absolute atomic E-state index is 13.7. The first-order valence-electron chi connectivity index (χ1n) is 7.83. The highest BCUT2D eigenvalue weighted by Crippen LogP contribution is 2.32. The Kier molecular flexibility index (Phi) is 5.01. The van der Waals surface area contributed by atoms with E-state index in [1.807, 2.05) is 6.07 Å². The number of hydrogen-bond acceptors (Lipinski definition) is 2. The van der Waals surface area contributed by atoms with Gasteiger partial charge in [-0.2, -0.15) is 0 Å². The van der Waals surface area contributed by atoms with Crippen molar-refractivity contribution in [2.45, 2.75) is 31.6 Å². The van der Waals surface area contributed by atoms with Crippen molar-refractivity contribution in [1.29, 1.82) is 0 Å². The molecule has 1 N–H and O–H groups in total. The molecule has 0 bridgehead atoms. The maximum Gasteiger partial charge on any atom is 0.230 e. The number of carbonyl (C=O) groups excluding carboxylic acids is 1. The molecule has 3 rings (SSSR count). The molecule has 0 aromatic heterocycles. The van der Waals surface area contributed by atoms with Crippen LogP contribution in [-0.4, -0.2) is 11.7 Å². The van der Waals surface area contributed by atoms with Crippen LogP contribution in [0.4, 0.5) is 4.39 Å². The highest BCUT2D eigenvalue weighted by Gasteiger charge is 2.25. The molecule has 1 atom stereocenters. The summed E-state index contributed by atoms with van der Waals surface area (Å²) in [4.78, 5) is 12.1. The third-order valence-corrected chi connectivity index (χ3v) is 5.17. The summed E-state index contributed by atoms with van der Waals surface area (Å²) in [7, 11) is 0. The average Bonchev–Trinajstić information content (AvgIpc) is 2.94. The quantitative estimate of drug-likeness (QED) is 0.892. The number of aryl methyl sites for hydroxylation is 1. The first-order chi connectivity index (χ1) is 11.1. The molecule has 0 aliphatic heterocycles. The molecule has 2 aromatic rings. The van der Waals surface area contributed by atoms with E-state index in [-0.39, 0.29) is 17.8 Å². The van der Waals surface area contributed by atoms with E-state index in [4.69, 9.17) is 0 Å². The number of amides is 1. The topological polar surface area (TPSA) is 29.1 Å². The molecule has 0 spiro atoms. The van der Waals surface area contributed by atoms with Crippen molar-refractivity contribution in [3.05, 3.63) is 70.5 Å². The SMILES string of the molecule is Cc1ccc(CSCC(=O)NC2CCc3c(F)cccc32)cc1. The van der Waals surface area contributed by atoms with E-state index >= 15 is 0 Å². The van der Waals surface area contributed by atoms with E-state index < -0.39 is 0 Å². The molecular weight excluding hydrogens is 309 g/mol. The van der Waals surface area contributed by atoms with Gasteiger partial charge in [0.2, 0.25) is 5.91 Å². The van der Waals surface area contributed by atoms with E-state index in [1.165, 1.54) is 17.2 Å². The van der Waals surface area contributed by atoms with Gasteiger partial charge in [0.25, 0.3) is 0 Å². The van der Waals surface area contributed by atoms with Gasteiger partial charge < -0.3 is 5.32 Å². The molecule has 0 saturated heterocycles. The molecule has 0 heterocycles. The number of halogens is 1. The van der Waals surface area contributed by atoms with Crippen LogP contribution in [0.15, 0.2) is 42.5 Å². The molecule has 2 nitrogen and oxygen atoms in total. The van der Waals surface area contributed by atoms with Crippen LogP contribution in [0.25, 0.3) is 0 Å². The van der Waals surface area contributed by atoms with Crippen LogP contribution >= 0.6 is 11.8 Å². The van der Waals surface area contributed by atoms with Gasteiger partial charge in [0.15, 0.2) is 0 Å². The fourth-order valence-corrected chi connectivity index (χ4v) is 3.74. The Bertz CT molecular complexity index is 699. The molecule has 4 heteroatoms. The minimum atomic E-state index is -0.159. The molecule has 0 fully saturated rings. The molecule has 2 aromatic carbocycles. The highest BCUT2D eigenvalue weighted by atomic mass is 32.2. The number of benzene rings is 2. The minimum Gasteiger partial charge on any atom is -0.349 e. The van der Waals surface area contributed by atoms with Gasteiger partial charge in [-0.3, -0.25) is 4.79 Å². The summed E-state index contributed by atoms with van der Waals surface area (Å²) in [5.74, 6) is 1.11. The van der Waals surface area contributed by atoms with Crippen LogP contribution in [0.3, 0.4) is 0 Å². The molecule has 1 aliphatic carbocycles. The highest BCUT2D eigenvalue weighted by molar-refractivity contribution is 7.99. The Morgan fingerprint density at radius 3 is 2.83 bits per heavy atom. The third kappa shape index (κ3) is 3.94. The van der Waals surface area contributed by atoms with Crippen molar-refractivity contribution in [2.75, 3.05) is 5.75 Å². The summed E-state index contributed by atoms with van der Waals surface area (Å²) >= 11 is 1.60. The van der Waals surface area contributed by atoms with Crippen LogP contribution < -0.4 is 5.32 Å². The zero-order valence-electron chi connectivity index (χ0n) is 13.1.